The van der Waals surface area contributed by atoms with Crippen molar-refractivity contribution in [2.75, 3.05) is 11.0 Å². The number of para-hydroxylation sites is 2. The van der Waals surface area contributed by atoms with Gasteiger partial charge in [-0.3, -0.25) is 0 Å². The maximum Gasteiger partial charge on any atom is 0.161 e. The zero-order chi connectivity index (χ0) is 16.0. The molecule has 120 valence electrons. The van der Waals surface area contributed by atoms with Crippen molar-refractivity contribution in [2.24, 2.45) is 11.3 Å². The quantitative estimate of drug-likeness (QED) is 0.467. The summed E-state index contributed by atoms with van der Waals surface area (Å²) in [5, 5.41) is 10.0. The normalized spacial score (nSPS) is 19.5. The third kappa shape index (κ3) is 3.34. The summed E-state index contributed by atoms with van der Waals surface area (Å²) in [6.45, 7) is 4.80. The first kappa shape index (κ1) is 17.4. The van der Waals surface area contributed by atoms with E-state index < -0.39 is 5.41 Å². The highest BCUT2D eigenvalue weighted by atomic mass is 127. The largest absolute Gasteiger partial charge is 0.486 e. The van der Waals surface area contributed by atoms with Crippen LogP contribution in [-0.4, -0.2) is 17.1 Å². The molecule has 0 aromatic heterocycles. The number of fused-ring (bicyclic) bond motifs is 1. The molecule has 0 N–H and O–H groups in total. The van der Waals surface area contributed by atoms with Crippen molar-refractivity contribution < 1.29 is 9.47 Å². The van der Waals surface area contributed by atoms with Gasteiger partial charge in [0.05, 0.1) is 6.07 Å². The fourth-order valence-electron chi connectivity index (χ4n) is 3.50. The minimum absolute atomic E-state index is 0.194. The van der Waals surface area contributed by atoms with Crippen LogP contribution in [-0.2, 0) is 0 Å². The Balaban J connectivity index is 2.31. The van der Waals surface area contributed by atoms with Crippen LogP contribution in [0.2, 0.25) is 0 Å². The second kappa shape index (κ2) is 8.05. The maximum atomic E-state index is 10.0. The van der Waals surface area contributed by atoms with E-state index in [1.807, 2.05) is 24.3 Å². The van der Waals surface area contributed by atoms with E-state index in [0.717, 1.165) is 41.6 Å². The number of ether oxygens (including phenoxy) is 2. The Morgan fingerprint density at radius 1 is 1.32 bits per heavy atom. The molecule has 22 heavy (non-hydrogen) atoms. The van der Waals surface area contributed by atoms with Crippen LogP contribution in [0.25, 0.3) is 0 Å². The lowest BCUT2D eigenvalue weighted by molar-refractivity contribution is -0.0198. The second-order valence-electron chi connectivity index (χ2n) is 5.82. The highest BCUT2D eigenvalue weighted by Gasteiger charge is 2.47. The van der Waals surface area contributed by atoms with Crippen molar-refractivity contribution in [1.82, 2.24) is 0 Å². The minimum Gasteiger partial charge on any atom is -0.486 e. The summed E-state index contributed by atoms with van der Waals surface area (Å²) in [4.78, 5) is 0. The van der Waals surface area contributed by atoms with Crippen LogP contribution in [0, 0.1) is 22.7 Å². The van der Waals surface area contributed by atoms with Gasteiger partial charge in [-0.1, -0.05) is 61.4 Å². The first-order valence-corrected chi connectivity index (χ1v) is 9.60. The molecule has 1 aliphatic heterocycles. The van der Waals surface area contributed by atoms with Gasteiger partial charge in [-0.2, -0.15) is 5.26 Å². The Bertz CT molecular complexity index is 524. The Morgan fingerprint density at radius 3 is 2.59 bits per heavy atom. The van der Waals surface area contributed by atoms with E-state index in [2.05, 4.69) is 42.5 Å². The van der Waals surface area contributed by atoms with Crippen LogP contribution in [0.15, 0.2) is 24.3 Å². The van der Waals surface area contributed by atoms with Gasteiger partial charge >= 0.3 is 0 Å². The molecule has 0 amide bonds. The van der Waals surface area contributed by atoms with Gasteiger partial charge in [0.25, 0.3) is 0 Å². The van der Waals surface area contributed by atoms with Gasteiger partial charge in [-0.05, 0) is 35.3 Å². The van der Waals surface area contributed by atoms with Crippen LogP contribution >= 0.6 is 22.6 Å². The van der Waals surface area contributed by atoms with Gasteiger partial charge in [-0.15, -0.1) is 0 Å². The van der Waals surface area contributed by atoms with Crippen molar-refractivity contribution in [1.29, 1.82) is 5.26 Å². The van der Waals surface area contributed by atoms with E-state index in [1.54, 1.807) is 0 Å². The number of nitriles is 1. The summed E-state index contributed by atoms with van der Waals surface area (Å²) in [7, 11) is 0. The Kier molecular flexibility index (Phi) is 6.37. The van der Waals surface area contributed by atoms with Crippen LogP contribution in [0.1, 0.15) is 39.5 Å². The summed E-state index contributed by atoms with van der Waals surface area (Å²) in [5.74, 6) is 1.88. The zero-order valence-corrected chi connectivity index (χ0v) is 15.5. The molecule has 0 radical (unpaired) electrons. The Labute approximate surface area is 147 Å². The number of halogens is 1. The first-order chi connectivity index (χ1) is 10.7. The monoisotopic (exact) mass is 413 g/mol. The van der Waals surface area contributed by atoms with Crippen LogP contribution in [0.5, 0.6) is 11.5 Å². The molecular weight excluding hydrogens is 389 g/mol. The molecule has 0 fully saturated rings. The fraction of sp³-hybridized carbons (Fsp3) is 0.611. The number of alkyl halides is 1. The van der Waals surface area contributed by atoms with E-state index in [1.165, 1.54) is 0 Å². The summed E-state index contributed by atoms with van der Waals surface area (Å²) >= 11 is 2.38. The molecule has 0 spiro atoms. The number of hydrogen-bond donors (Lipinski definition) is 0. The van der Waals surface area contributed by atoms with Gasteiger partial charge in [-0.25, -0.2) is 0 Å². The van der Waals surface area contributed by atoms with Crippen molar-refractivity contribution >= 4 is 22.6 Å². The van der Waals surface area contributed by atoms with E-state index in [-0.39, 0.29) is 6.10 Å². The van der Waals surface area contributed by atoms with Crippen LogP contribution in [0.3, 0.4) is 0 Å². The van der Waals surface area contributed by atoms with Gasteiger partial charge in [0, 0.05) is 0 Å². The van der Waals surface area contributed by atoms with E-state index in [0.29, 0.717) is 12.5 Å². The number of benzene rings is 1. The zero-order valence-electron chi connectivity index (χ0n) is 13.3. The van der Waals surface area contributed by atoms with E-state index in [4.69, 9.17) is 9.47 Å². The smallest absolute Gasteiger partial charge is 0.161 e. The van der Waals surface area contributed by atoms with Gasteiger partial charge in [0.2, 0.25) is 0 Å². The topological polar surface area (TPSA) is 42.2 Å². The first-order valence-electron chi connectivity index (χ1n) is 8.07. The third-order valence-electron chi connectivity index (χ3n) is 4.73. The van der Waals surface area contributed by atoms with E-state index in [9.17, 15) is 5.26 Å². The molecule has 2 rings (SSSR count). The molecule has 1 aromatic carbocycles. The lowest BCUT2D eigenvalue weighted by Gasteiger charge is -2.42. The van der Waals surface area contributed by atoms with E-state index >= 15 is 0 Å². The molecule has 4 heteroatoms. The SMILES string of the molecule is CCC(CC)C(C#N)(CCCI)C1COc2ccccc2O1. The number of rotatable bonds is 7. The predicted molar refractivity (Wildman–Crippen MR) is 96.6 cm³/mol. The lowest BCUT2D eigenvalue weighted by atomic mass is 9.67. The molecule has 1 heterocycles. The molecule has 0 aliphatic carbocycles. The molecular formula is C18H24INO2. The third-order valence-corrected chi connectivity index (χ3v) is 5.49. The summed E-state index contributed by atoms with van der Waals surface area (Å²) in [6.07, 6.45) is 3.70. The van der Waals surface area contributed by atoms with Crippen molar-refractivity contribution in [3.8, 4) is 17.6 Å². The Hall–Kier alpha value is -0.960. The fourth-order valence-corrected chi connectivity index (χ4v) is 3.88. The molecule has 2 atom stereocenters. The van der Waals surface area contributed by atoms with Crippen LogP contribution in [0.4, 0.5) is 0 Å². The molecule has 0 saturated heterocycles. The molecule has 2 unspecified atom stereocenters. The van der Waals surface area contributed by atoms with Gasteiger partial charge < -0.3 is 9.47 Å². The van der Waals surface area contributed by atoms with Crippen molar-refractivity contribution in [3.05, 3.63) is 24.3 Å². The minimum atomic E-state index is -0.470. The highest BCUT2D eigenvalue weighted by Crippen LogP contribution is 2.45. The summed E-state index contributed by atoms with van der Waals surface area (Å²) in [6, 6.07) is 10.4. The van der Waals surface area contributed by atoms with Crippen LogP contribution < -0.4 is 9.47 Å². The number of hydrogen-bond acceptors (Lipinski definition) is 3. The summed E-state index contributed by atoms with van der Waals surface area (Å²) in [5.41, 5.74) is -0.470. The maximum absolute atomic E-state index is 10.0. The van der Waals surface area contributed by atoms with Gasteiger partial charge in [0.15, 0.2) is 17.6 Å². The second-order valence-corrected chi connectivity index (χ2v) is 6.90. The van der Waals surface area contributed by atoms with Crippen molar-refractivity contribution in [2.45, 2.75) is 45.6 Å². The Morgan fingerprint density at radius 2 is 2.00 bits per heavy atom. The molecule has 1 aromatic rings. The average molecular weight is 413 g/mol. The molecule has 0 bridgehead atoms. The molecule has 1 aliphatic rings. The highest BCUT2D eigenvalue weighted by molar-refractivity contribution is 14.1. The van der Waals surface area contributed by atoms with Crippen molar-refractivity contribution in [3.63, 3.8) is 0 Å². The van der Waals surface area contributed by atoms with Gasteiger partial charge in [0.1, 0.15) is 12.0 Å². The molecule has 0 saturated carbocycles. The lowest BCUT2D eigenvalue weighted by Crippen LogP contribution is -2.48. The summed E-state index contributed by atoms with van der Waals surface area (Å²) < 4.78 is 13.2. The standard InChI is InChI=1S/C18H24INO2/c1-3-14(4-2)18(13-20,10-7-11-19)17-12-21-15-8-5-6-9-16(15)22-17/h5-6,8-9,14,17H,3-4,7,10-12H2,1-2H3. The average Bonchev–Trinajstić information content (AvgIpc) is 2.58. The predicted octanol–water partition coefficient (Wildman–Crippen LogP) is 4.99. The number of nitrogens with zero attached hydrogens (tertiary/aromatic N) is 1. The molecule has 3 nitrogen and oxygen atoms in total.